The Bertz CT molecular complexity index is 543. The number of nitrogens with one attached hydrogen (secondary N) is 2. The van der Waals surface area contributed by atoms with Gasteiger partial charge in [-0.05, 0) is 18.9 Å². The van der Waals surface area contributed by atoms with Crippen LogP contribution in [0.15, 0.2) is 18.5 Å². The van der Waals surface area contributed by atoms with Gasteiger partial charge in [0.1, 0.15) is 6.04 Å². The molecule has 0 bridgehead atoms. The molecule has 1 saturated heterocycles. The van der Waals surface area contributed by atoms with Gasteiger partial charge in [0.25, 0.3) is 0 Å². The molecular formula is C16H26N6O2. The maximum Gasteiger partial charge on any atom is 0.318 e. The molecule has 3 amide bonds. The van der Waals surface area contributed by atoms with Crippen LogP contribution in [0, 0.1) is 5.92 Å². The second-order valence-corrected chi connectivity index (χ2v) is 6.33. The number of carbonyl (C=O) groups is 2. The molecule has 2 heterocycles. The van der Waals surface area contributed by atoms with Crippen LogP contribution in [0.2, 0.25) is 0 Å². The van der Waals surface area contributed by atoms with Gasteiger partial charge >= 0.3 is 6.03 Å². The van der Waals surface area contributed by atoms with Crippen LogP contribution < -0.4 is 15.5 Å². The molecule has 0 aliphatic carbocycles. The summed E-state index contributed by atoms with van der Waals surface area (Å²) in [5.41, 5.74) is 0. The molecule has 1 atom stereocenters. The number of hydrogen-bond donors (Lipinski definition) is 2. The molecule has 8 heteroatoms. The lowest BCUT2D eigenvalue weighted by Crippen LogP contribution is -2.55. The van der Waals surface area contributed by atoms with E-state index in [-0.39, 0.29) is 11.9 Å². The van der Waals surface area contributed by atoms with Crippen molar-refractivity contribution in [3.8, 4) is 0 Å². The number of amides is 3. The maximum absolute atomic E-state index is 12.3. The Morgan fingerprint density at radius 2 is 1.75 bits per heavy atom. The Hall–Kier alpha value is -2.38. The van der Waals surface area contributed by atoms with E-state index in [2.05, 4.69) is 20.6 Å². The molecule has 132 valence electrons. The predicted octanol–water partition coefficient (Wildman–Crippen LogP) is 0.469. The number of nitrogens with zero attached hydrogens (tertiary/aromatic N) is 4. The van der Waals surface area contributed by atoms with Crippen LogP contribution in [-0.2, 0) is 4.79 Å². The summed E-state index contributed by atoms with van der Waals surface area (Å²) in [7, 11) is 0. The van der Waals surface area contributed by atoms with Crippen LogP contribution in [-0.4, -0.2) is 65.6 Å². The number of urea groups is 1. The van der Waals surface area contributed by atoms with Crippen LogP contribution in [0.1, 0.15) is 20.8 Å². The van der Waals surface area contributed by atoms with E-state index in [0.717, 1.165) is 0 Å². The van der Waals surface area contributed by atoms with E-state index in [4.69, 9.17) is 0 Å². The van der Waals surface area contributed by atoms with E-state index < -0.39 is 6.04 Å². The van der Waals surface area contributed by atoms with E-state index in [9.17, 15) is 9.59 Å². The Kier molecular flexibility index (Phi) is 6.34. The van der Waals surface area contributed by atoms with Crippen molar-refractivity contribution in [3.63, 3.8) is 0 Å². The lowest BCUT2D eigenvalue weighted by Gasteiger charge is -2.35. The van der Waals surface area contributed by atoms with Crippen molar-refractivity contribution in [2.45, 2.75) is 26.8 Å². The van der Waals surface area contributed by atoms with Crippen molar-refractivity contribution in [2.24, 2.45) is 5.92 Å². The molecule has 2 N–H and O–H groups in total. The minimum atomic E-state index is -0.549. The van der Waals surface area contributed by atoms with Crippen molar-refractivity contribution >= 4 is 17.9 Å². The topological polar surface area (TPSA) is 90.5 Å². The zero-order chi connectivity index (χ0) is 17.5. The zero-order valence-electron chi connectivity index (χ0n) is 14.5. The van der Waals surface area contributed by atoms with Crippen molar-refractivity contribution in [3.05, 3.63) is 18.5 Å². The Labute approximate surface area is 142 Å². The van der Waals surface area contributed by atoms with Crippen molar-refractivity contribution in [2.75, 3.05) is 37.6 Å². The smallest absolute Gasteiger partial charge is 0.318 e. The number of hydrogen-bond acceptors (Lipinski definition) is 5. The Morgan fingerprint density at radius 3 is 2.33 bits per heavy atom. The van der Waals surface area contributed by atoms with Crippen LogP contribution in [0.3, 0.4) is 0 Å². The lowest BCUT2D eigenvalue weighted by molar-refractivity contribution is -0.122. The molecule has 0 saturated carbocycles. The molecule has 0 radical (unpaired) electrons. The summed E-state index contributed by atoms with van der Waals surface area (Å²) in [6.45, 7) is 8.85. The summed E-state index contributed by atoms with van der Waals surface area (Å²) < 4.78 is 0. The number of rotatable bonds is 5. The number of carbonyl (C=O) groups excluding carboxylic acids is 2. The molecular weight excluding hydrogens is 308 g/mol. The first-order valence-electron chi connectivity index (χ1n) is 8.32. The summed E-state index contributed by atoms with van der Waals surface area (Å²) in [6.07, 6.45) is 3.41. The molecule has 0 spiro atoms. The quantitative estimate of drug-likeness (QED) is 0.817. The molecule has 0 aromatic carbocycles. The van der Waals surface area contributed by atoms with Crippen molar-refractivity contribution in [1.29, 1.82) is 0 Å². The molecule has 1 aliphatic rings. The minimum Gasteiger partial charge on any atom is -0.354 e. The fourth-order valence-electron chi connectivity index (χ4n) is 2.36. The van der Waals surface area contributed by atoms with Crippen LogP contribution in [0.4, 0.5) is 10.7 Å². The summed E-state index contributed by atoms with van der Waals surface area (Å²) in [5, 5.41) is 5.57. The van der Waals surface area contributed by atoms with Gasteiger partial charge in [-0.1, -0.05) is 13.8 Å². The highest BCUT2D eigenvalue weighted by molar-refractivity contribution is 5.86. The van der Waals surface area contributed by atoms with Crippen LogP contribution >= 0.6 is 0 Å². The first-order valence-corrected chi connectivity index (χ1v) is 8.32. The predicted molar refractivity (Wildman–Crippen MR) is 91.7 cm³/mol. The average molecular weight is 334 g/mol. The van der Waals surface area contributed by atoms with Gasteiger partial charge < -0.3 is 20.4 Å². The standard InChI is InChI=1S/C16H26N6O2/c1-12(2)11-19-14(23)13(3)20-16(24)22-9-7-21(8-10-22)15-17-5-4-6-18-15/h4-6,12-13H,7-11H2,1-3H3,(H,19,23)(H,20,24)/t13-/m0/s1. The van der Waals surface area contributed by atoms with Gasteiger partial charge in [-0.3, -0.25) is 4.79 Å². The first-order chi connectivity index (χ1) is 11.5. The van der Waals surface area contributed by atoms with Gasteiger partial charge in [-0.2, -0.15) is 0 Å². The lowest BCUT2D eigenvalue weighted by atomic mass is 10.2. The Morgan fingerprint density at radius 1 is 1.12 bits per heavy atom. The van der Waals surface area contributed by atoms with E-state index in [1.54, 1.807) is 30.3 Å². The fraction of sp³-hybridized carbons (Fsp3) is 0.625. The summed E-state index contributed by atoms with van der Waals surface area (Å²) >= 11 is 0. The number of aromatic nitrogens is 2. The SMILES string of the molecule is CC(C)CNC(=O)[C@H](C)NC(=O)N1CCN(c2ncccn2)CC1. The third-order valence-corrected chi connectivity index (χ3v) is 3.82. The molecule has 1 aromatic heterocycles. The number of anilines is 1. The summed E-state index contributed by atoms with van der Waals surface area (Å²) in [6, 6.07) is 1.02. The van der Waals surface area contributed by atoms with Crippen molar-refractivity contribution in [1.82, 2.24) is 25.5 Å². The molecule has 0 unspecified atom stereocenters. The van der Waals surface area contributed by atoms with Gasteiger partial charge in [-0.15, -0.1) is 0 Å². The third-order valence-electron chi connectivity index (χ3n) is 3.82. The molecule has 1 fully saturated rings. The number of piperazine rings is 1. The minimum absolute atomic E-state index is 0.159. The van der Waals surface area contributed by atoms with E-state index in [1.807, 2.05) is 18.7 Å². The maximum atomic E-state index is 12.3. The first kappa shape index (κ1) is 18.0. The highest BCUT2D eigenvalue weighted by Crippen LogP contribution is 2.09. The van der Waals surface area contributed by atoms with E-state index in [1.165, 1.54) is 0 Å². The van der Waals surface area contributed by atoms with Gasteiger partial charge in [0.05, 0.1) is 0 Å². The highest BCUT2D eigenvalue weighted by atomic mass is 16.2. The molecule has 1 aliphatic heterocycles. The molecule has 2 rings (SSSR count). The summed E-state index contributed by atoms with van der Waals surface area (Å²) in [4.78, 5) is 36.4. The largest absolute Gasteiger partial charge is 0.354 e. The Balaban J connectivity index is 1.77. The van der Waals surface area contributed by atoms with Crippen LogP contribution in [0.5, 0.6) is 0 Å². The molecule has 8 nitrogen and oxygen atoms in total. The van der Waals surface area contributed by atoms with Crippen LogP contribution in [0.25, 0.3) is 0 Å². The van der Waals surface area contributed by atoms with Gasteiger partial charge in [0, 0.05) is 45.1 Å². The normalized spacial score (nSPS) is 16.0. The van der Waals surface area contributed by atoms with Gasteiger partial charge in [0.15, 0.2) is 0 Å². The zero-order valence-corrected chi connectivity index (χ0v) is 14.5. The average Bonchev–Trinajstić information content (AvgIpc) is 2.60. The second kappa shape index (κ2) is 8.47. The third kappa shape index (κ3) is 5.07. The molecule has 24 heavy (non-hydrogen) atoms. The monoisotopic (exact) mass is 334 g/mol. The highest BCUT2D eigenvalue weighted by Gasteiger charge is 2.24. The van der Waals surface area contributed by atoms with E-state index in [0.29, 0.717) is 44.6 Å². The van der Waals surface area contributed by atoms with Gasteiger partial charge in [-0.25, -0.2) is 14.8 Å². The molecule has 1 aromatic rings. The fourth-order valence-corrected chi connectivity index (χ4v) is 2.36. The summed E-state index contributed by atoms with van der Waals surface area (Å²) in [5.74, 6) is 0.900. The second-order valence-electron chi connectivity index (χ2n) is 6.33. The van der Waals surface area contributed by atoms with E-state index >= 15 is 0 Å². The van der Waals surface area contributed by atoms with Crippen molar-refractivity contribution < 1.29 is 9.59 Å². The van der Waals surface area contributed by atoms with Gasteiger partial charge in [0.2, 0.25) is 11.9 Å².